The smallest absolute Gasteiger partial charge is 0.227 e. The average molecular weight is 350 g/mol. The summed E-state index contributed by atoms with van der Waals surface area (Å²) in [5.74, 6) is 0.153. The molecule has 1 aromatic heterocycles. The summed E-state index contributed by atoms with van der Waals surface area (Å²) in [6.07, 6.45) is 2.12. The second kappa shape index (κ2) is 7.20. The van der Waals surface area contributed by atoms with Gasteiger partial charge < -0.3 is 9.80 Å². The summed E-state index contributed by atoms with van der Waals surface area (Å²) in [4.78, 5) is 20.5. The molecule has 2 aromatic rings. The fourth-order valence-corrected chi connectivity index (χ4v) is 2.99. The molecule has 6 heteroatoms. The quantitative estimate of drug-likeness (QED) is 0.797. The van der Waals surface area contributed by atoms with Gasteiger partial charge in [-0.25, -0.2) is 4.98 Å². The molecule has 0 unspecified atom stereocenters. The predicted octanol–water partition coefficient (Wildman–Crippen LogP) is 3.28. The predicted molar refractivity (Wildman–Crippen MR) is 93.2 cm³/mol. The van der Waals surface area contributed by atoms with Crippen molar-refractivity contribution in [2.45, 2.75) is 6.42 Å². The molecule has 3 rings (SSSR count). The fraction of sp³-hybridized carbons (Fsp3) is 0.294. The molecule has 0 N–H and O–H groups in total. The molecule has 2 heterocycles. The van der Waals surface area contributed by atoms with E-state index < -0.39 is 0 Å². The molecule has 0 saturated carbocycles. The fourth-order valence-electron chi connectivity index (χ4n) is 2.69. The van der Waals surface area contributed by atoms with Gasteiger partial charge in [0, 0.05) is 43.1 Å². The van der Waals surface area contributed by atoms with Crippen molar-refractivity contribution in [1.29, 1.82) is 0 Å². The number of pyridine rings is 1. The van der Waals surface area contributed by atoms with E-state index in [9.17, 15) is 4.79 Å². The lowest BCUT2D eigenvalue weighted by atomic mass is 10.1. The summed E-state index contributed by atoms with van der Waals surface area (Å²) in [6.45, 7) is 3.03. The number of hydrogen-bond acceptors (Lipinski definition) is 3. The van der Waals surface area contributed by atoms with E-state index in [0.29, 0.717) is 29.7 Å². The number of nitrogens with zero attached hydrogens (tertiary/aromatic N) is 3. The number of hydrogen-bond donors (Lipinski definition) is 0. The molecule has 0 atom stereocenters. The lowest BCUT2D eigenvalue weighted by molar-refractivity contribution is -0.130. The number of piperazine rings is 1. The molecule has 1 aliphatic rings. The van der Waals surface area contributed by atoms with Crippen LogP contribution < -0.4 is 4.90 Å². The molecule has 23 heavy (non-hydrogen) atoms. The van der Waals surface area contributed by atoms with E-state index in [4.69, 9.17) is 23.2 Å². The summed E-state index contributed by atoms with van der Waals surface area (Å²) in [6, 6.07) is 11.2. The lowest BCUT2D eigenvalue weighted by Gasteiger charge is -2.36. The van der Waals surface area contributed by atoms with Crippen LogP contribution in [-0.2, 0) is 11.2 Å². The van der Waals surface area contributed by atoms with E-state index in [1.54, 1.807) is 6.20 Å². The van der Waals surface area contributed by atoms with Crippen molar-refractivity contribution < 1.29 is 4.79 Å². The third-order valence-corrected chi connectivity index (χ3v) is 4.43. The third kappa shape index (κ3) is 4.15. The van der Waals surface area contributed by atoms with Crippen LogP contribution in [0, 0.1) is 0 Å². The number of anilines is 1. The molecular weight excluding hydrogens is 333 g/mol. The van der Waals surface area contributed by atoms with E-state index in [0.717, 1.165) is 24.3 Å². The van der Waals surface area contributed by atoms with Crippen LogP contribution in [-0.4, -0.2) is 42.0 Å². The number of rotatable bonds is 3. The summed E-state index contributed by atoms with van der Waals surface area (Å²) in [5.41, 5.74) is 2.04. The molecular formula is C17H17Cl2N3O. The Hall–Kier alpha value is -1.78. The lowest BCUT2D eigenvalue weighted by Crippen LogP contribution is -2.49. The number of benzene rings is 1. The van der Waals surface area contributed by atoms with Crippen LogP contribution in [0.2, 0.25) is 10.2 Å². The summed E-state index contributed by atoms with van der Waals surface area (Å²) in [7, 11) is 0. The minimum Gasteiger partial charge on any atom is -0.368 e. The Labute approximate surface area is 145 Å². The van der Waals surface area contributed by atoms with Gasteiger partial charge >= 0.3 is 0 Å². The Morgan fingerprint density at radius 2 is 1.74 bits per heavy atom. The van der Waals surface area contributed by atoms with Crippen molar-refractivity contribution >= 4 is 34.8 Å². The number of amides is 1. The average Bonchev–Trinajstić information content (AvgIpc) is 2.57. The normalized spacial score (nSPS) is 14.9. The van der Waals surface area contributed by atoms with E-state index in [2.05, 4.69) is 9.88 Å². The highest BCUT2D eigenvalue weighted by molar-refractivity contribution is 6.30. The molecule has 1 fully saturated rings. The van der Waals surface area contributed by atoms with Crippen molar-refractivity contribution in [3.63, 3.8) is 0 Å². The summed E-state index contributed by atoms with van der Waals surface area (Å²) in [5, 5.41) is 1.18. The zero-order valence-corrected chi connectivity index (χ0v) is 14.1. The SMILES string of the molecule is O=C(Cc1ccc(Cl)cc1)N1CCN(c2ccnc(Cl)c2)CC1. The van der Waals surface area contributed by atoms with Crippen molar-refractivity contribution in [2.75, 3.05) is 31.1 Å². The highest BCUT2D eigenvalue weighted by atomic mass is 35.5. The number of carbonyl (C=O) groups is 1. The maximum absolute atomic E-state index is 12.4. The van der Waals surface area contributed by atoms with E-state index in [-0.39, 0.29) is 5.91 Å². The Morgan fingerprint density at radius 1 is 1.04 bits per heavy atom. The first-order valence-electron chi connectivity index (χ1n) is 7.50. The van der Waals surface area contributed by atoms with Gasteiger partial charge in [-0.1, -0.05) is 35.3 Å². The Bertz CT molecular complexity index is 682. The van der Waals surface area contributed by atoms with Crippen LogP contribution in [0.5, 0.6) is 0 Å². The molecule has 1 aliphatic heterocycles. The van der Waals surface area contributed by atoms with Crippen molar-refractivity contribution in [3.05, 3.63) is 58.3 Å². The van der Waals surface area contributed by atoms with Crippen LogP contribution in [0.1, 0.15) is 5.56 Å². The van der Waals surface area contributed by atoms with Gasteiger partial charge in [-0.3, -0.25) is 4.79 Å². The zero-order chi connectivity index (χ0) is 16.2. The van der Waals surface area contributed by atoms with Crippen molar-refractivity contribution in [1.82, 2.24) is 9.88 Å². The highest BCUT2D eigenvalue weighted by Gasteiger charge is 2.21. The number of carbonyl (C=O) groups excluding carboxylic acids is 1. The Kier molecular flexibility index (Phi) is 5.03. The van der Waals surface area contributed by atoms with Crippen LogP contribution in [0.3, 0.4) is 0 Å². The molecule has 0 bridgehead atoms. The maximum Gasteiger partial charge on any atom is 0.227 e. The second-order valence-corrected chi connectivity index (χ2v) is 6.33. The molecule has 0 radical (unpaired) electrons. The molecule has 0 aliphatic carbocycles. The maximum atomic E-state index is 12.4. The topological polar surface area (TPSA) is 36.4 Å². The van der Waals surface area contributed by atoms with E-state index in [1.165, 1.54) is 0 Å². The molecule has 1 amide bonds. The largest absolute Gasteiger partial charge is 0.368 e. The molecule has 4 nitrogen and oxygen atoms in total. The van der Waals surface area contributed by atoms with Gasteiger partial charge in [0.15, 0.2) is 0 Å². The van der Waals surface area contributed by atoms with Gasteiger partial charge in [-0.05, 0) is 29.8 Å². The second-order valence-electron chi connectivity index (χ2n) is 5.51. The van der Waals surface area contributed by atoms with Crippen molar-refractivity contribution in [3.8, 4) is 0 Å². The van der Waals surface area contributed by atoms with Crippen LogP contribution in [0.25, 0.3) is 0 Å². The molecule has 1 aromatic carbocycles. The summed E-state index contributed by atoms with van der Waals surface area (Å²) >= 11 is 11.8. The Morgan fingerprint density at radius 3 is 2.39 bits per heavy atom. The number of aromatic nitrogens is 1. The van der Waals surface area contributed by atoms with Gasteiger partial charge in [0.2, 0.25) is 5.91 Å². The van der Waals surface area contributed by atoms with Gasteiger partial charge in [0.05, 0.1) is 6.42 Å². The first-order valence-corrected chi connectivity index (χ1v) is 8.26. The standard InChI is InChI=1S/C17H17Cl2N3O/c18-14-3-1-13(2-4-14)11-17(23)22-9-7-21(8-10-22)15-5-6-20-16(19)12-15/h1-6,12H,7-11H2. The van der Waals surface area contributed by atoms with Crippen molar-refractivity contribution in [2.24, 2.45) is 0 Å². The number of halogens is 2. The monoisotopic (exact) mass is 349 g/mol. The zero-order valence-electron chi connectivity index (χ0n) is 12.6. The van der Waals surface area contributed by atoms with Gasteiger partial charge in [0.1, 0.15) is 5.15 Å². The first kappa shape index (κ1) is 16.1. The Balaban J connectivity index is 1.56. The summed E-state index contributed by atoms with van der Waals surface area (Å²) < 4.78 is 0. The molecule has 1 saturated heterocycles. The minimum absolute atomic E-state index is 0.153. The van der Waals surface area contributed by atoms with Gasteiger partial charge in [-0.15, -0.1) is 0 Å². The van der Waals surface area contributed by atoms with Gasteiger partial charge in [0.25, 0.3) is 0 Å². The first-order chi connectivity index (χ1) is 11.1. The third-order valence-electron chi connectivity index (χ3n) is 3.98. The van der Waals surface area contributed by atoms with Gasteiger partial charge in [-0.2, -0.15) is 0 Å². The van der Waals surface area contributed by atoms with Crippen LogP contribution >= 0.6 is 23.2 Å². The van der Waals surface area contributed by atoms with Crippen LogP contribution in [0.15, 0.2) is 42.6 Å². The minimum atomic E-state index is 0.153. The molecule has 120 valence electrons. The van der Waals surface area contributed by atoms with Crippen LogP contribution in [0.4, 0.5) is 5.69 Å². The highest BCUT2D eigenvalue weighted by Crippen LogP contribution is 2.19. The van der Waals surface area contributed by atoms with E-state index in [1.807, 2.05) is 41.3 Å². The molecule has 0 spiro atoms. The van der Waals surface area contributed by atoms with E-state index >= 15 is 0 Å².